The number of carbonyl (C=O) groups is 2. The Labute approximate surface area is 147 Å². The smallest absolute Gasteiger partial charge is 0.225 e. The van der Waals surface area contributed by atoms with Gasteiger partial charge in [-0.15, -0.1) is 0 Å². The van der Waals surface area contributed by atoms with Gasteiger partial charge in [0.2, 0.25) is 11.8 Å². The molecular weight excluding hydrogens is 323 g/mol. The number of carbonyl (C=O) groups excluding carboxylic acids is 2. The number of nitrogens with one attached hydrogen (secondary N) is 1. The molecule has 2 atom stereocenters. The predicted octanol–water partition coefficient (Wildman–Crippen LogP) is 2.36. The average molecular weight is 348 g/mol. The van der Waals surface area contributed by atoms with Gasteiger partial charge in [-0.25, -0.2) is 4.39 Å². The summed E-state index contributed by atoms with van der Waals surface area (Å²) in [6.07, 6.45) is 3.66. The third-order valence-electron chi connectivity index (χ3n) is 4.73. The highest BCUT2D eigenvalue weighted by Crippen LogP contribution is 2.32. The van der Waals surface area contributed by atoms with Crippen LogP contribution in [-0.4, -0.2) is 42.5 Å². The van der Waals surface area contributed by atoms with Crippen molar-refractivity contribution in [3.8, 4) is 5.75 Å². The van der Waals surface area contributed by atoms with E-state index >= 15 is 0 Å². The van der Waals surface area contributed by atoms with Crippen molar-refractivity contribution in [2.75, 3.05) is 19.7 Å². The van der Waals surface area contributed by atoms with Gasteiger partial charge in [0.15, 0.2) is 0 Å². The molecule has 6 heteroatoms. The second-order valence-electron chi connectivity index (χ2n) is 7.07. The Morgan fingerprint density at radius 1 is 1.24 bits per heavy atom. The molecule has 1 N–H and O–H groups in total. The molecular formula is C19H25FN2O3. The van der Waals surface area contributed by atoms with E-state index in [-0.39, 0.29) is 35.5 Å². The van der Waals surface area contributed by atoms with Crippen LogP contribution in [0.3, 0.4) is 0 Å². The number of halogens is 1. The van der Waals surface area contributed by atoms with Gasteiger partial charge in [0.05, 0.1) is 12.0 Å². The Hall–Kier alpha value is -2.11. The first-order chi connectivity index (χ1) is 12.0. The van der Waals surface area contributed by atoms with Crippen molar-refractivity contribution < 1.29 is 18.7 Å². The molecule has 1 aromatic rings. The summed E-state index contributed by atoms with van der Waals surface area (Å²) in [6, 6.07) is 5.64. The van der Waals surface area contributed by atoms with Gasteiger partial charge >= 0.3 is 0 Å². The lowest BCUT2D eigenvalue weighted by molar-refractivity contribution is -0.137. The van der Waals surface area contributed by atoms with Gasteiger partial charge in [0.1, 0.15) is 18.2 Å². The van der Waals surface area contributed by atoms with Crippen LogP contribution in [0.5, 0.6) is 5.75 Å². The number of likely N-dealkylation sites (tertiary alicyclic amines) is 1. The number of hydrogen-bond donors (Lipinski definition) is 1. The third-order valence-corrected chi connectivity index (χ3v) is 4.73. The summed E-state index contributed by atoms with van der Waals surface area (Å²) in [6.45, 7) is 3.47. The SMILES string of the molecule is CC(COc1ccc(F)cc1)NC(=O)C1CCCN(C(=O)C2CC2)C1. The lowest BCUT2D eigenvalue weighted by Gasteiger charge is -2.32. The molecule has 1 heterocycles. The molecule has 25 heavy (non-hydrogen) atoms. The van der Waals surface area contributed by atoms with E-state index in [0.717, 1.165) is 32.2 Å². The average Bonchev–Trinajstić information content (AvgIpc) is 3.46. The van der Waals surface area contributed by atoms with E-state index in [0.29, 0.717) is 18.9 Å². The summed E-state index contributed by atoms with van der Waals surface area (Å²) in [5.74, 6) is 0.501. The zero-order chi connectivity index (χ0) is 17.8. The van der Waals surface area contributed by atoms with Gasteiger partial charge in [-0.2, -0.15) is 0 Å². The minimum Gasteiger partial charge on any atom is -0.491 e. The van der Waals surface area contributed by atoms with Crippen LogP contribution in [0, 0.1) is 17.7 Å². The van der Waals surface area contributed by atoms with Crippen LogP contribution in [0.2, 0.25) is 0 Å². The maximum absolute atomic E-state index is 12.9. The normalized spacial score (nSPS) is 21.5. The van der Waals surface area contributed by atoms with E-state index in [1.807, 2.05) is 11.8 Å². The van der Waals surface area contributed by atoms with E-state index in [4.69, 9.17) is 4.74 Å². The second kappa shape index (κ2) is 7.85. The van der Waals surface area contributed by atoms with E-state index in [1.165, 1.54) is 12.1 Å². The Bertz CT molecular complexity index is 616. The van der Waals surface area contributed by atoms with Crippen LogP contribution in [-0.2, 0) is 9.59 Å². The quantitative estimate of drug-likeness (QED) is 0.859. The molecule has 1 aliphatic heterocycles. The van der Waals surface area contributed by atoms with Crippen LogP contribution in [0.1, 0.15) is 32.6 Å². The molecule has 1 saturated heterocycles. The summed E-state index contributed by atoms with van der Waals surface area (Å²) in [7, 11) is 0. The molecule has 2 aliphatic rings. The monoisotopic (exact) mass is 348 g/mol. The van der Waals surface area contributed by atoms with Crippen molar-refractivity contribution in [2.24, 2.45) is 11.8 Å². The van der Waals surface area contributed by atoms with E-state index in [2.05, 4.69) is 5.32 Å². The Morgan fingerprint density at radius 3 is 2.64 bits per heavy atom. The predicted molar refractivity (Wildman–Crippen MR) is 91.5 cm³/mol. The number of hydrogen-bond acceptors (Lipinski definition) is 3. The first kappa shape index (κ1) is 17.7. The van der Waals surface area contributed by atoms with E-state index in [9.17, 15) is 14.0 Å². The maximum atomic E-state index is 12.9. The molecule has 2 unspecified atom stereocenters. The number of rotatable bonds is 6. The largest absolute Gasteiger partial charge is 0.491 e. The van der Waals surface area contributed by atoms with Gasteiger partial charge in [-0.3, -0.25) is 9.59 Å². The standard InChI is InChI=1S/C19H25FN2O3/c1-13(12-25-17-8-6-16(20)7-9-17)21-18(23)15-3-2-10-22(11-15)19(24)14-4-5-14/h6-9,13-15H,2-5,10-12H2,1H3,(H,21,23). The highest BCUT2D eigenvalue weighted by atomic mass is 19.1. The molecule has 0 radical (unpaired) electrons. The highest BCUT2D eigenvalue weighted by molar-refractivity contribution is 5.83. The molecule has 1 aromatic carbocycles. The Kier molecular flexibility index (Phi) is 5.56. The van der Waals surface area contributed by atoms with Gasteiger partial charge in [-0.1, -0.05) is 0 Å². The minimum absolute atomic E-state index is 0.0245. The van der Waals surface area contributed by atoms with Crippen molar-refractivity contribution >= 4 is 11.8 Å². The molecule has 2 amide bonds. The van der Waals surface area contributed by atoms with Crippen molar-refractivity contribution in [3.05, 3.63) is 30.1 Å². The maximum Gasteiger partial charge on any atom is 0.225 e. The second-order valence-corrected chi connectivity index (χ2v) is 7.07. The van der Waals surface area contributed by atoms with Crippen LogP contribution in [0.4, 0.5) is 4.39 Å². The molecule has 2 fully saturated rings. The first-order valence-corrected chi connectivity index (χ1v) is 9.00. The molecule has 1 saturated carbocycles. The van der Waals surface area contributed by atoms with Crippen LogP contribution < -0.4 is 10.1 Å². The van der Waals surface area contributed by atoms with Gasteiger partial charge in [0, 0.05) is 19.0 Å². The van der Waals surface area contributed by atoms with E-state index in [1.54, 1.807) is 12.1 Å². The molecule has 136 valence electrons. The fourth-order valence-corrected chi connectivity index (χ4v) is 3.13. The summed E-state index contributed by atoms with van der Waals surface area (Å²) in [4.78, 5) is 26.5. The van der Waals surface area contributed by atoms with Gasteiger partial charge in [-0.05, 0) is 56.9 Å². The lowest BCUT2D eigenvalue weighted by atomic mass is 9.96. The van der Waals surface area contributed by atoms with Crippen molar-refractivity contribution in [1.82, 2.24) is 10.2 Å². The molecule has 0 aromatic heterocycles. The third kappa shape index (κ3) is 4.94. The van der Waals surface area contributed by atoms with Crippen LogP contribution in [0.25, 0.3) is 0 Å². The summed E-state index contributed by atoms with van der Waals surface area (Å²) < 4.78 is 18.4. The lowest BCUT2D eigenvalue weighted by Crippen LogP contribution is -2.48. The molecule has 5 nitrogen and oxygen atoms in total. The number of nitrogens with zero attached hydrogens (tertiary/aromatic N) is 1. The fraction of sp³-hybridized carbons (Fsp3) is 0.579. The zero-order valence-electron chi connectivity index (χ0n) is 14.5. The molecule has 1 aliphatic carbocycles. The minimum atomic E-state index is -0.309. The summed E-state index contributed by atoms with van der Waals surface area (Å²) in [5.41, 5.74) is 0. The first-order valence-electron chi connectivity index (χ1n) is 9.00. The van der Waals surface area contributed by atoms with Crippen molar-refractivity contribution in [1.29, 1.82) is 0 Å². The van der Waals surface area contributed by atoms with Crippen LogP contribution in [0.15, 0.2) is 24.3 Å². The van der Waals surface area contributed by atoms with Crippen LogP contribution >= 0.6 is 0 Å². The number of amides is 2. The summed E-state index contributed by atoms with van der Waals surface area (Å²) in [5, 5.41) is 2.96. The molecule has 0 spiro atoms. The van der Waals surface area contributed by atoms with E-state index < -0.39 is 0 Å². The number of ether oxygens (including phenoxy) is 1. The number of benzene rings is 1. The zero-order valence-corrected chi connectivity index (χ0v) is 14.5. The Morgan fingerprint density at radius 2 is 1.96 bits per heavy atom. The topological polar surface area (TPSA) is 58.6 Å². The van der Waals surface area contributed by atoms with Crippen molar-refractivity contribution in [2.45, 2.75) is 38.6 Å². The van der Waals surface area contributed by atoms with Gasteiger partial charge in [0.25, 0.3) is 0 Å². The molecule has 3 rings (SSSR count). The highest BCUT2D eigenvalue weighted by Gasteiger charge is 2.36. The molecule has 0 bridgehead atoms. The summed E-state index contributed by atoms with van der Waals surface area (Å²) >= 11 is 0. The van der Waals surface area contributed by atoms with Crippen molar-refractivity contribution in [3.63, 3.8) is 0 Å². The van der Waals surface area contributed by atoms with Gasteiger partial charge < -0.3 is 15.0 Å². The number of piperidine rings is 1. The Balaban J connectivity index is 1.44. The fourth-order valence-electron chi connectivity index (χ4n) is 3.13.